The number of halogens is 1. The van der Waals surface area contributed by atoms with E-state index in [1.165, 1.54) is 6.20 Å². The Labute approximate surface area is 214 Å². The third kappa shape index (κ3) is 5.60. The van der Waals surface area contributed by atoms with E-state index in [9.17, 15) is 9.59 Å². The molecule has 0 bridgehead atoms. The van der Waals surface area contributed by atoms with Crippen molar-refractivity contribution in [3.63, 3.8) is 0 Å². The van der Waals surface area contributed by atoms with Crippen LogP contribution in [0.25, 0.3) is 0 Å². The van der Waals surface area contributed by atoms with Crippen molar-refractivity contribution in [2.75, 3.05) is 42.8 Å². The summed E-state index contributed by atoms with van der Waals surface area (Å²) in [4.78, 5) is 34.8. The molecular weight excluding hydrogens is 482 g/mol. The Morgan fingerprint density at radius 3 is 2.72 bits per heavy atom. The highest BCUT2D eigenvalue weighted by Crippen LogP contribution is 2.34. The van der Waals surface area contributed by atoms with Crippen LogP contribution in [0.3, 0.4) is 0 Å². The van der Waals surface area contributed by atoms with Crippen molar-refractivity contribution in [3.05, 3.63) is 59.2 Å². The molecule has 10 nitrogen and oxygen atoms in total. The molecule has 1 aliphatic rings. The minimum atomic E-state index is -0.271. The Morgan fingerprint density at radius 2 is 1.97 bits per heavy atom. The molecule has 188 valence electrons. The van der Waals surface area contributed by atoms with E-state index >= 15 is 0 Å². The predicted molar refractivity (Wildman–Crippen MR) is 141 cm³/mol. The van der Waals surface area contributed by atoms with E-state index in [0.717, 1.165) is 25.1 Å². The quantitative estimate of drug-likeness (QED) is 0.361. The van der Waals surface area contributed by atoms with Gasteiger partial charge in [0.25, 0.3) is 5.91 Å². The highest BCUT2D eigenvalue weighted by atomic mass is 35.5. The highest BCUT2D eigenvalue weighted by Gasteiger charge is 2.24. The number of primary amides is 1. The van der Waals surface area contributed by atoms with Gasteiger partial charge in [-0.25, -0.2) is 4.98 Å². The molecule has 0 radical (unpaired) electrons. The summed E-state index contributed by atoms with van der Waals surface area (Å²) in [7, 11) is 3.15. The summed E-state index contributed by atoms with van der Waals surface area (Å²) in [6.45, 7) is 1.42. The maximum absolute atomic E-state index is 12.2. The number of amides is 2. The van der Waals surface area contributed by atoms with E-state index in [2.05, 4.69) is 30.8 Å². The molecule has 4 rings (SSSR count). The molecule has 2 amide bonds. The van der Waals surface area contributed by atoms with Crippen LogP contribution >= 0.6 is 11.6 Å². The minimum absolute atomic E-state index is 0.163. The normalized spacial score (nSPS) is 15.2. The van der Waals surface area contributed by atoms with Crippen LogP contribution in [-0.2, 0) is 4.79 Å². The zero-order chi connectivity index (χ0) is 25.7. The first kappa shape index (κ1) is 25.1. The molecule has 1 aliphatic heterocycles. The number of hydrogen-bond acceptors (Lipinski definition) is 8. The third-order valence-corrected chi connectivity index (χ3v) is 6.29. The number of carbonyl (C=O) groups is 2. The first-order valence-corrected chi connectivity index (χ1v) is 11.9. The van der Waals surface area contributed by atoms with Gasteiger partial charge in [0, 0.05) is 31.9 Å². The SMILES string of the molecule is CNC(=O)c1ccccc1Nc1nc(Nc2ccc(N3CCC[C@@H](C(N)=O)C3)cc2OC)ncc1Cl. The number of hydrogen-bond donors (Lipinski definition) is 4. The van der Waals surface area contributed by atoms with E-state index in [1.807, 2.05) is 24.3 Å². The Bertz CT molecular complexity index is 1270. The fraction of sp³-hybridized carbons (Fsp3) is 0.280. The van der Waals surface area contributed by atoms with Crippen molar-refractivity contribution in [2.45, 2.75) is 12.8 Å². The van der Waals surface area contributed by atoms with Crippen molar-refractivity contribution >= 4 is 52.2 Å². The summed E-state index contributed by atoms with van der Waals surface area (Å²) >= 11 is 6.34. The van der Waals surface area contributed by atoms with Crippen LogP contribution < -0.4 is 31.3 Å². The van der Waals surface area contributed by atoms with Crippen LogP contribution in [0, 0.1) is 5.92 Å². The number of benzene rings is 2. The maximum Gasteiger partial charge on any atom is 0.253 e. The van der Waals surface area contributed by atoms with Gasteiger partial charge < -0.3 is 31.3 Å². The standard InChI is InChI=1S/C25H28ClN7O3/c1-28-24(35)17-7-3-4-8-19(17)30-23-18(26)13-29-25(32-23)31-20-10-9-16(12-21(20)36-2)33-11-5-6-15(14-33)22(27)34/h3-4,7-10,12-13,15H,5-6,11,14H2,1-2H3,(H2,27,34)(H,28,35)(H2,29,30,31,32)/t15-/m1/s1. The molecule has 36 heavy (non-hydrogen) atoms. The van der Waals surface area contributed by atoms with Gasteiger partial charge >= 0.3 is 0 Å². The Balaban J connectivity index is 1.55. The fourth-order valence-corrected chi connectivity index (χ4v) is 4.25. The molecule has 1 fully saturated rings. The largest absolute Gasteiger partial charge is 0.494 e. The third-order valence-electron chi connectivity index (χ3n) is 6.02. The lowest BCUT2D eigenvalue weighted by Gasteiger charge is -2.33. The van der Waals surface area contributed by atoms with Crippen LogP contribution in [-0.4, -0.2) is 49.0 Å². The van der Waals surface area contributed by atoms with Crippen LogP contribution in [0.1, 0.15) is 23.2 Å². The monoisotopic (exact) mass is 509 g/mol. The van der Waals surface area contributed by atoms with Crippen molar-refractivity contribution in [2.24, 2.45) is 11.7 Å². The molecule has 2 aromatic carbocycles. The average molecular weight is 510 g/mol. The van der Waals surface area contributed by atoms with Gasteiger partial charge in [-0.3, -0.25) is 9.59 Å². The number of ether oxygens (including phenoxy) is 1. The molecule has 1 atom stereocenters. The zero-order valence-electron chi connectivity index (χ0n) is 20.0. The molecule has 0 aliphatic carbocycles. The number of rotatable bonds is 8. The Kier molecular flexibility index (Phi) is 7.74. The van der Waals surface area contributed by atoms with Gasteiger partial charge in [-0.2, -0.15) is 4.98 Å². The molecule has 0 spiro atoms. The minimum Gasteiger partial charge on any atom is -0.494 e. The smallest absolute Gasteiger partial charge is 0.253 e. The number of methoxy groups -OCH3 is 1. The van der Waals surface area contributed by atoms with Gasteiger partial charge in [0.15, 0.2) is 5.82 Å². The summed E-state index contributed by atoms with van der Waals surface area (Å²) in [6.07, 6.45) is 3.17. The van der Waals surface area contributed by atoms with Crippen molar-refractivity contribution < 1.29 is 14.3 Å². The summed E-state index contributed by atoms with van der Waals surface area (Å²) in [5.41, 5.74) is 8.13. The number of anilines is 5. The molecule has 1 aromatic heterocycles. The number of carbonyl (C=O) groups excluding carboxylic acids is 2. The van der Waals surface area contributed by atoms with Gasteiger partial charge in [0.1, 0.15) is 10.8 Å². The van der Waals surface area contributed by atoms with E-state index in [-0.39, 0.29) is 23.7 Å². The lowest BCUT2D eigenvalue weighted by atomic mass is 9.97. The second-order valence-corrected chi connectivity index (χ2v) is 8.74. The summed E-state index contributed by atoms with van der Waals surface area (Å²) < 4.78 is 5.60. The molecule has 0 unspecified atom stereocenters. The fourth-order valence-electron chi connectivity index (χ4n) is 4.11. The van der Waals surface area contributed by atoms with Gasteiger partial charge in [-0.05, 0) is 37.1 Å². The second kappa shape index (κ2) is 11.1. The molecule has 5 N–H and O–H groups in total. The number of para-hydroxylation sites is 1. The molecular formula is C25H28ClN7O3. The molecule has 11 heteroatoms. The van der Waals surface area contributed by atoms with E-state index in [1.54, 1.807) is 32.4 Å². The zero-order valence-corrected chi connectivity index (χ0v) is 20.8. The number of nitrogens with two attached hydrogens (primary N) is 1. The van der Waals surface area contributed by atoms with Crippen molar-refractivity contribution in [1.82, 2.24) is 15.3 Å². The van der Waals surface area contributed by atoms with E-state index in [0.29, 0.717) is 40.1 Å². The average Bonchev–Trinajstić information content (AvgIpc) is 2.90. The Hall–Kier alpha value is -4.05. The molecule has 3 aromatic rings. The van der Waals surface area contributed by atoms with Crippen LogP contribution in [0.15, 0.2) is 48.7 Å². The summed E-state index contributed by atoms with van der Waals surface area (Å²) in [5.74, 6) is 0.551. The summed E-state index contributed by atoms with van der Waals surface area (Å²) in [5, 5.41) is 9.19. The second-order valence-electron chi connectivity index (χ2n) is 8.34. The first-order valence-electron chi connectivity index (χ1n) is 11.5. The van der Waals surface area contributed by atoms with E-state index < -0.39 is 0 Å². The molecule has 2 heterocycles. The number of piperidine rings is 1. The van der Waals surface area contributed by atoms with Crippen LogP contribution in [0.5, 0.6) is 5.75 Å². The number of aromatic nitrogens is 2. The topological polar surface area (TPSA) is 134 Å². The molecule has 1 saturated heterocycles. The predicted octanol–water partition coefficient (Wildman–Crippen LogP) is 3.69. The maximum atomic E-state index is 12.2. The van der Waals surface area contributed by atoms with Gasteiger partial charge in [0.05, 0.1) is 36.2 Å². The first-order chi connectivity index (χ1) is 17.4. The lowest BCUT2D eigenvalue weighted by molar-refractivity contribution is -0.122. The lowest BCUT2D eigenvalue weighted by Crippen LogP contribution is -2.41. The Morgan fingerprint density at radius 1 is 1.17 bits per heavy atom. The van der Waals surface area contributed by atoms with Crippen molar-refractivity contribution in [1.29, 1.82) is 0 Å². The number of nitrogens with one attached hydrogen (secondary N) is 3. The van der Waals surface area contributed by atoms with Crippen LogP contribution in [0.4, 0.5) is 28.8 Å². The van der Waals surface area contributed by atoms with Gasteiger partial charge in [-0.15, -0.1) is 0 Å². The van der Waals surface area contributed by atoms with E-state index in [4.69, 9.17) is 22.1 Å². The summed E-state index contributed by atoms with van der Waals surface area (Å²) in [6, 6.07) is 12.8. The van der Waals surface area contributed by atoms with Crippen molar-refractivity contribution in [3.8, 4) is 5.75 Å². The highest BCUT2D eigenvalue weighted by molar-refractivity contribution is 6.33. The van der Waals surface area contributed by atoms with Crippen LogP contribution in [0.2, 0.25) is 5.02 Å². The van der Waals surface area contributed by atoms with Gasteiger partial charge in [0.2, 0.25) is 11.9 Å². The number of nitrogens with zero attached hydrogens (tertiary/aromatic N) is 3. The van der Waals surface area contributed by atoms with Gasteiger partial charge in [-0.1, -0.05) is 23.7 Å². The molecule has 0 saturated carbocycles.